The summed E-state index contributed by atoms with van der Waals surface area (Å²) in [6, 6.07) is 16.0. The molecule has 0 spiro atoms. The van der Waals surface area contributed by atoms with E-state index < -0.39 is 0 Å². The summed E-state index contributed by atoms with van der Waals surface area (Å²) >= 11 is 3.48. The minimum atomic E-state index is -0.0471. The van der Waals surface area contributed by atoms with Crippen molar-refractivity contribution in [2.24, 2.45) is 0 Å². The quantitative estimate of drug-likeness (QED) is 0.579. The zero-order chi connectivity index (χ0) is 20.4. The van der Waals surface area contributed by atoms with Crippen molar-refractivity contribution < 1.29 is 9.53 Å². The number of hydrogen-bond acceptors (Lipinski definition) is 4. The molecule has 0 bridgehead atoms. The summed E-state index contributed by atoms with van der Waals surface area (Å²) < 4.78 is 7.99. The van der Waals surface area contributed by atoms with Gasteiger partial charge < -0.3 is 9.64 Å². The summed E-state index contributed by atoms with van der Waals surface area (Å²) in [7, 11) is 1.67. The molecule has 150 valence electrons. The lowest BCUT2D eigenvalue weighted by Crippen LogP contribution is -2.37. The predicted octanol–water partition coefficient (Wildman–Crippen LogP) is 4.19. The minimum Gasteiger partial charge on any atom is -0.497 e. The molecule has 3 aromatic rings. The molecule has 1 unspecified atom stereocenters. The predicted molar refractivity (Wildman–Crippen MR) is 115 cm³/mol. The van der Waals surface area contributed by atoms with Gasteiger partial charge in [-0.2, -0.15) is 0 Å². The third-order valence-electron chi connectivity index (χ3n) is 5.39. The van der Waals surface area contributed by atoms with Crippen LogP contribution in [-0.2, 0) is 6.42 Å². The Hall–Kier alpha value is -2.67. The first-order valence-corrected chi connectivity index (χ1v) is 10.5. The Labute approximate surface area is 178 Å². The molecule has 0 saturated carbocycles. The van der Waals surface area contributed by atoms with Crippen LogP contribution < -0.4 is 4.74 Å². The first-order valence-electron chi connectivity index (χ1n) is 9.69. The van der Waals surface area contributed by atoms with Gasteiger partial charge in [0.2, 0.25) is 0 Å². The highest BCUT2D eigenvalue weighted by atomic mass is 79.9. The number of hydrogen-bond donors (Lipinski definition) is 0. The Kier molecular flexibility index (Phi) is 5.67. The van der Waals surface area contributed by atoms with Crippen molar-refractivity contribution in [3.63, 3.8) is 0 Å². The van der Waals surface area contributed by atoms with Crippen LogP contribution in [0.2, 0.25) is 0 Å². The molecule has 1 fully saturated rings. The largest absolute Gasteiger partial charge is 0.497 e. The number of halogens is 1. The van der Waals surface area contributed by atoms with E-state index in [1.165, 1.54) is 5.56 Å². The SMILES string of the molecule is COc1cccc(CC2CCCN2C(=O)c2nnn(-c3cccc(Br)c3)c2C)c1. The van der Waals surface area contributed by atoms with E-state index in [2.05, 4.69) is 32.3 Å². The zero-order valence-electron chi connectivity index (χ0n) is 16.5. The number of nitrogens with zero attached hydrogens (tertiary/aromatic N) is 4. The highest BCUT2D eigenvalue weighted by molar-refractivity contribution is 9.10. The van der Waals surface area contributed by atoms with Crippen LogP contribution in [0, 0.1) is 6.92 Å². The van der Waals surface area contributed by atoms with Crippen molar-refractivity contribution in [1.82, 2.24) is 19.9 Å². The van der Waals surface area contributed by atoms with Crippen LogP contribution in [0.25, 0.3) is 5.69 Å². The van der Waals surface area contributed by atoms with E-state index in [4.69, 9.17) is 4.74 Å². The van der Waals surface area contributed by atoms with Gasteiger partial charge in [-0.05, 0) is 62.1 Å². The molecule has 6 nitrogen and oxygen atoms in total. The average molecular weight is 455 g/mol. The smallest absolute Gasteiger partial charge is 0.276 e. The fourth-order valence-corrected chi connectivity index (χ4v) is 4.29. The maximum Gasteiger partial charge on any atom is 0.276 e. The van der Waals surface area contributed by atoms with E-state index in [0.717, 1.165) is 47.4 Å². The van der Waals surface area contributed by atoms with Crippen LogP contribution >= 0.6 is 15.9 Å². The highest BCUT2D eigenvalue weighted by Gasteiger charge is 2.32. The van der Waals surface area contributed by atoms with Crippen LogP contribution in [0.15, 0.2) is 53.0 Å². The van der Waals surface area contributed by atoms with Gasteiger partial charge in [-0.15, -0.1) is 5.10 Å². The van der Waals surface area contributed by atoms with Gasteiger partial charge >= 0.3 is 0 Å². The molecule has 1 amide bonds. The van der Waals surface area contributed by atoms with E-state index >= 15 is 0 Å². The Balaban J connectivity index is 1.55. The number of carbonyl (C=O) groups excluding carboxylic acids is 1. The first kappa shape index (κ1) is 19.6. The van der Waals surface area contributed by atoms with Crippen LogP contribution in [0.1, 0.15) is 34.6 Å². The normalized spacial score (nSPS) is 16.2. The third-order valence-corrected chi connectivity index (χ3v) is 5.89. The Bertz CT molecular complexity index is 1030. The van der Waals surface area contributed by atoms with Gasteiger partial charge in [0.25, 0.3) is 5.91 Å². The molecule has 2 aromatic carbocycles. The number of rotatable bonds is 5. The van der Waals surface area contributed by atoms with Gasteiger partial charge in [-0.3, -0.25) is 4.79 Å². The summed E-state index contributed by atoms with van der Waals surface area (Å²) in [6.45, 7) is 2.64. The third kappa shape index (κ3) is 4.05. The molecular weight excluding hydrogens is 432 g/mol. The Morgan fingerprint density at radius 3 is 2.86 bits per heavy atom. The molecule has 1 aliphatic rings. The number of likely N-dealkylation sites (tertiary alicyclic amines) is 1. The second kappa shape index (κ2) is 8.37. The molecule has 7 heteroatoms. The van der Waals surface area contributed by atoms with Gasteiger partial charge in [0.15, 0.2) is 5.69 Å². The van der Waals surface area contributed by atoms with Crippen molar-refractivity contribution in [2.75, 3.05) is 13.7 Å². The lowest BCUT2D eigenvalue weighted by Gasteiger charge is -2.24. The molecule has 29 heavy (non-hydrogen) atoms. The number of ether oxygens (including phenoxy) is 1. The van der Waals surface area contributed by atoms with Crippen molar-refractivity contribution in [3.8, 4) is 11.4 Å². The van der Waals surface area contributed by atoms with Crippen molar-refractivity contribution >= 4 is 21.8 Å². The van der Waals surface area contributed by atoms with Gasteiger partial charge in [0, 0.05) is 17.1 Å². The van der Waals surface area contributed by atoms with E-state index in [0.29, 0.717) is 5.69 Å². The second-order valence-electron chi connectivity index (χ2n) is 7.27. The molecule has 1 atom stereocenters. The molecule has 1 saturated heterocycles. The lowest BCUT2D eigenvalue weighted by atomic mass is 10.0. The van der Waals surface area contributed by atoms with Crippen molar-refractivity contribution in [1.29, 1.82) is 0 Å². The molecule has 1 aliphatic heterocycles. The molecule has 4 rings (SSSR count). The molecule has 0 aliphatic carbocycles. The monoisotopic (exact) mass is 454 g/mol. The number of benzene rings is 2. The topological polar surface area (TPSA) is 60.2 Å². The summed E-state index contributed by atoms with van der Waals surface area (Å²) in [5.41, 5.74) is 3.21. The van der Waals surface area contributed by atoms with Gasteiger partial charge in [-0.1, -0.05) is 39.3 Å². The molecule has 0 N–H and O–H groups in total. The van der Waals surface area contributed by atoms with Crippen LogP contribution in [0.3, 0.4) is 0 Å². The number of aromatic nitrogens is 3. The number of methoxy groups -OCH3 is 1. The zero-order valence-corrected chi connectivity index (χ0v) is 18.1. The van der Waals surface area contributed by atoms with Crippen LogP contribution in [-0.4, -0.2) is 45.5 Å². The van der Waals surface area contributed by atoms with Gasteiger partial charge in [-0.25, -0.2) is 4.68 Å². The van der Waals surface area contributed by atoms with Gasteiger partial charge in [0.1, 0.15) is 5.75 Å². The maximum atomic E-state index is 13.3. The fraction of sp³-hybridized carbons (Fsp3) is 0.318. The highest BCUT2D eigenvalue weighted by Crippen LogP contribution is 2.26. The maximum absolute atomic E-state index is 13.3. The Morgan fingerprint density at radius 1 is 1.24 bits per heavy atom. The molecule has 2 heterocycles. The standard InChI is InChI=1S/C22H23BrN4O2/c1-15-21(24-25-27(15)19-8-4-7-17(23)14-19)22(28)26-11-5-9-18(26)12-16-6-3-10-20(13-16)29-2/h3-4,6-8,10,13-14,18H,5,9,11-12H2,1-2H3. The van der Waals surface area contributed by atoms with Crippen LogP contribution in [0.4, 0.5) is 0 Å². The van der Waals surface area contributed by atoms with E-state index in [1.807, 2.05) is 54.3 Å². The molecule has 0 radical (unpaired) electrons. The second-order valence-corrected chi connectivity index (χ2v) is 8.18. The van der Waals surface area contributed by atoms with E-state index in [-0.39, 0.29) is 11.9 Å². The molecule has 1 aromatic heterocycles. The average Bonchev–Trinajstić information content (AvgIpc) is 3.34. The van der Waals surface area contributed by atoms with Gasteiger partial charge in [0.05, 0.1) is 18.5 Å². The van der Waals surface area contributed by atoms with Crippen molar-refractivity contribution in [3.05, 3.63) is 70.0 Å². The first-order chi connectivity index (χ1) is 14.1. The molecular formula is C22H23BrN4O2. The summed E-state index contributed by atoms with van der Waals surface area (Å²) in [5, 5.41) is 8.45. The lowest BCUT2D eigenvalue weighted by molar-refractivity contribution is 0.0729. The van der Waals surface area contributed by atoms with E-state index in [9.17, 15) is 4.79 Å². The van der Waals surface area contributed by atoms with Crippen molar-refractivity contribution in [2.45, 2.75) is 32.2 Å². The van der Waals surface area contributed by atoms with E-state index in [1.54, 1.807) is 11.8 Å². The number of amides is 1. The summed E-state index contributed by atoms with van der Waals surface area (Å²) in [4.78, 5) is 15.2. The minimum absolute atomic E-state index is 0.0471. The summed E-state index contributed by atoms with van der Waals surface area (Å²) in [5.74, 6) is 0.792. The fourth-order valence-electron chi connectivity index (χ4n) is 3.90. The summed E-state index contributed by atoms with van der Waals surface area (Å²) in [6.07, 6.45) is 2.79. The Morgan fingerprint density at radius 2 is 2.07 bits per heavy atom. The van der Waals surface area contributed by atoms with Crippen LogP contribution in [0.5, 0.6) is 5.75 Å². The number of carbonyl (C=O) groups is 1.